The normalized spacial score (nSPS) is 11.1. The van der Waals surface area contributed by atoms with Gasteiger partial charge >= 0.3 is 0 Å². The van der Waals surface area contributed by atoms with Crippen LogP contribution in [0.15, 0.2) is 53.7 Å². The fourth-order valence-corrected chi connectivity index (χ4v) is 2.20. The highest BCUT2D eigenvalue weighted by Gasteiger charge is 2.06. The first-order valence-corrected chi connectivity index (χ1v) is 7.46. The molecule has 2 aromatic rings. The Labute approximate surface area is 140 Å². The van der Waals surface area contributed by atoms with Gasteiger partial charge in [0, 0.05) is 6.42 Å². The standard InChI is InChI=1S/C17H18ClN3O2/c1-12-7-8-15(14(18)9-12)20-17(22)11-23-21-16(19)10-13-5-3-2-4-6-13/h2-9H,10-11H2,1H3,(H2,19,21)(H,20,22). The first kappa shape index (κ1) is 16.8. The zero-order chi connectivity index (χ0) is 16.7. The van der Waals surface area contributed by atoms with E-state index in [1.54, 1.807) is 12.1 Å². The number of hydrogen-bond acceptors (Lipinski definition) is 3. The van der Waals surface area contributed by atoms with Crippen LogP contribution in [-0.4, -0.2) is 18.3 Å². The van der Waals surface area contributed by atoms with E-state index in [-0.39, 0.29) is 12.5 Å². The summed E-state index contributed by atoms with van der Waals surface area (Å²) in [6.07, 6.45) is 0.465. The summed E-state index contributed by atoms with van der Waals surface area (Å²) in [5, 5.41) is 6.87. The molecule has 0 aliphatic carbocycles. The fraction of sp³-hybridized carbons (Fsp3) is 0.176. The van der Waals surface area contributed by atoms with Crippen LogP contribution in [0.3, 0.4) is 0 Å². The molecule has 5 nitrogen and oxygen atoms in total. The van der Waals surface area contributed by atoms with Gasteiger partial charge in [0.2, 0.25) is 0 Å². The molecular formula is C17H18ClN3O2. The highest BCUT2D eigenvalue weighted by Crippen LogP contribution is 2.22. The zero-order valence-corrected chi connectivity index (χ0v) is 13.5. The smallest absolute Gasteiger partial charge is 0.265 e. The Morgan fingerprint density at radius 2 is 2.00 bits per heavy atom. The Kier molecular flexibility index (Phi) is 6.00. The molecule has 6 heteroatoms. The van der Waals surface area contributed by atoms with E-state index in [0.717, 1.165) is 11.1 Å². The Hall–Kier alpha value is -2.53. The van der Waals surface area contributed by atoms with E-state index in [0.29, 0.717) is 23.0 Å². The van der Waals surface area contributed by atoms with Gasteiger partial charge in [0.25, 0.3) is 5.91 Å². The minimum atomic E-state index is -0.355. The fourth-order valence-electron chi connectivity index (χ4n) is 1.92. The molecule has 0 unspecified atom stereocenters. The van der Waals surface area contributed by atoms with Crippen molar-refractivity contribution in [2.45, 2.75) is 13.3 Å². The largest absolute Gasteiger partial charge is 0.384 e. The molecule has 0 fully saturated rings. The summed E-state index contributed by atoms with van der Waals surface area (Å²) in [7, 11) is 0. The lowest BCUT2D eigenvalue weighted by atomic mass is 10.1. The number of halogens is 1. The van der Waals surface area contributed by atoms with Gasteiger partial charge < -0.3 is 15.9 Å². The monoisotopic (exact) mass is 331 g/mol. The molecule has 0 bridgehead atoms. The predicted octanol–water partition coefficient (Wildman–Crippen LogP) is 3.12. The summed E-state index contributed by atoms with van der Waals surface area (Å²) in [5.74, 6) is -0.0515. The summed E-state index contributed by atoms with van der Waals surface area (Å²) in [4.78, 5) is 16.8. The van der Waals surface area contributed by atoms with Gasteiger partial charge in [0.05, 0.1) is 10.7 Å². The predicted molar refractivity (Wildman–Crippen MR) is 92.5 cm³/mol. The second-order valence-corrected chi connectivity index (χ2v) is 5.46. The number of benzene rings is 2. The minimum Gasteiger partial charge on any atom is -0.384 e. The third-order valence-corrected chi connectivity index (χ3v) is 3.32. The van der Waals surface area contributed by atoms with Gasteiger partial charge in [-0.1, -0.05) is 53.2 Å². The van der Waals surface area contributed by atoms with Gasteiger partial charge in [-0.15, -0.1) is 0 Å². The highest BCUT2D eigenvalue weighted by molar-refractivity contribution is 6.33. The molecule has 0 heterocycles. The summed E-state index contributed by atoms with van der Waals surface area (Å²) < 4.78 is 0. The number of carbonyl (C=O) groups is 1. The molecule has 23 heavy (non-hydrogen) atoms. The second kappa shape index (κ2) is 8.19. The molecule has 1 amide bonds. The van der Waals surface area contributed by atoms with Gasteiger partial charge in [-0.25, -0.2) is 0 Å². The number of anilines is 1. The van der Waals surface area contributed by atoms with Crippen LogP contribution in [-0.2, 0) is 16.1 Å². The lowest BCUT2D eigenvalue weighted by molar-refractivity contribution is -0.120. The van der Waals surface area contributed by atoms with Crippen molar-refractivity contribution in [1.29, 1.82) is 0 Å². The number of amidine groups is 1. The van der Waals surface area contributed by atoms with Gasteiger partial charge in [0.15, 0.2) is 6.61 Å². The van der Waals surface area contributed by atoms with Crippen LogP contribution in [0.25, 0.3) is 0 Å². The van der Waals surface area contributed by atoms with E-state index in [1.165, 1.54) is 0 Å². The molecule has 3 N–H and O–H groups in total. The molecule has 0 aliphatic rings. The van der Waals surface area contributed by atoms with Gasteiger partial charge in [0.1, 0.15) is 5.84 Å². The number of amides is 1. The molecule has 0 radical (unpaired) electrons. The molecule has 0 saturated heterocycles. The third kappa shape index (κ3) is 5.64. The van der Waals surface area contributed by atoms with E-state index in [1.807, 2.05) is 43.3 Å². The summed E-state index contributed by atoms with van der Waals surface area (Å²) in [6, 6.07) is 15.0. The van der Waals surface area contributed by atoms with Crippen molar-refractivity contribution in [1.82, 2.24) is 0 Å². The average Bonchev–Trinajstić information content (AvgIpc) is 2.51. The molecule has 0 spiro atoms. The molecule has 2 rings (SSSR count). The van der Waals surface area contributed by atoms with Crippen molar-refractivity contribution in [3.63, 3.8) is 0 Å². The molecule has 0 aliphatic heterocycles. The van der Waals surface area contributed by atoms with E-state index >= 15 is 0 Å². The number of nitrogens with one attached hydrogen (secondary N) is 1. The molecule has 2 aromatic carbocycles. The molecule has 0 aromatic heterocycles. The number of nitrogens with two attached hydrogens (primary N) is 1. The number of carbonyl (C=O) groups excluding carboxylic acids is 1. The van der Waals surface area contributed by atoms with E-state index < -0.39 is 0 Å². The number of rotatable bonds is 6. The Morgan fingerprint density at radius 3 is 2.70 bits per heavy atom. The molecule has 0 saturated carbocycles. The van der Waals surface area contributed by atoms with Crippen molar-refractivity contribution >= 4 is 29.0 Å². The lowest BCUT2D eigenvalue weighted by Crippen LogP contribution is -2.20. The maximum absolute atomic E-state index is 11.8. The van der Waals surface area contributed by atoms with Gasteiger partial charge in [-0.05, 0) is 30.2 Å². The minimum absolute atomic E-state index is 0.236. The summed E-state index contributed by atoms with van der Waals surface area (Å²) in [6.45, 7) is 1.69. The Bertz CT molecular complexity index is 702. The zero-order valence-electron chi connectivity index (χ0n) is 12.8. The van der Waals surface area contributed by atoms with Crippen molar-refractivity contribution < 1.29 is 9.63 Å². The quantitative estimate of drug-likeness (QED) is 0.485. The number of aryl methyl sites for hydroxylation is 1. The van der Waals surface area contributed by atoms with Crippen molar-refractivity contribution in [2.24, 2.45) is 10.9 Å². The number of nitrogens with zero attached hydrogens (tertiary/aromatic N) is 1. The average molecular weight is 332 g/mol. The second-order valence-electron chi connectivity index (χ2n) is 5.05. The Morgan fingerprint density at radius 1 is 1.26 bits per heavy atom. The molecule has 0 atom stereocenters. The van der Waals surface area contributed by atoms with Crippen LogP contribution in [0.2, 0.25) is 5.02 Å². The van der Waals surface area contributed by atoms with Gasteiger partial charge in [-0.2, -0.15) is 0 Å². The van der Waals surface area contributed by atoms with E-state index in [2.05, 4.69) is 10.5 Å². The first-order chi connectivity index (χ1) is 11.0. The van der Waals surface area contributed by atoms with Crippen molar-refractivity contribution in [3.05, 3.63) is 64.7 Å². The lowest BCUT2D eigenvalue weighted by Gasteiger charge is -2.07. The Balaban J connectivity index is 1.81. The molecule has 120 valence electrons. The van der Waals surface area contributed by atoms with Crippen LogP contribution >= 0.6 is 11.6 Å². The van der Waals surface area contributed by atoms with Crippen molar-refractivity contribution in [3.8, 4) is 0 Å². The van der Waals surface area contributed by atoms with Crippen LogP contribution in [0, 0.1) is 6.92 Å². The SMILES string of the molecule is Cc1ccc(NC(=O)CON=C(N)Cc2ccccc2)c(Cl)c1. The summed E-state index contributed by atoms with van der Waals surface area (Å²) >= 11 is 6.05. The van der Waals surface area contributed by atoms with Gasteiger partial charge in [-0.3, -0.25) is 4.79 Å². The molecular weight excluding hydrogens is 314 g/mol. The topological polar surface area (TPSA) is 76.7 Å². The number of oxime groups is 1. The maximum Gasteiger partial charge on any atom is 0.265 e. The van der Waals surface area contributed by atoms with Crippen LogP contribution in [0.1, 0.15) is 11.1 Å². The first-order valence-electron chi connectivity index (χ1n) is 7.09. The van der Waals surface area contributed by atoms with E-state index in [4.69, 9.17) is 22.2 Å². The van der Waals surface area contributed by atoms with Crippen LogP contribution in [0.5, 0.6) is 0 Å². The third-order valence-electron chi connectivity index (χ3n) is 3.00. The maximum atomic E-state index is 11.8. The summed E-state index contributed by atoms with van der Waals surface area (Å²) in [5.41, 5.74) is 8.33. The van der Waals surface area contributed by atoms with Crippen molar-refractivity contribution in [2.75, 3.05) is 11.9 Å². The van der Waals surface area contributed by atoms with Crippen LogP contribution in [0.4, 0.5) is 5.69 Å². The highest BCUT2D eigenvalue weighted by atomic mass is 35.5. The number of hydrogen-bond donors (Lipinski definition) is 2. The van der Waals surface area contributed by atoms with E-state index in [9.17, 15) is 4.79 Å². The van der Waals surface area contributed by atoms with Crippen LogP contribution < -0.4 is 11.1 Å².